The summed E-state index contributed by atoms with van der Waals surface area (Å²) >= 11 is 5.67. The topological polar surface area (TPSA) is 99.7 Å². The van der Waals surface area contributed by atoms with Crippen molar-refractivity contribution in [1.29, 1.82) is 0 Å². The Morgan fingerprint density at radius 2 is 2.20 bits per heavy atom. The summed E-state index contributed by atoms with van der Waals surface area (Å²) in [6, 6.07) is 0. The van der Waals surface area contributed by atoms with Crippen LogP contribution in [-0.4, -0.2) is 52.0 Å². The molecule has 1 aromatic rings. The average molecular weight is 303 g/mol. The highest BCUT2D eigenvalue weighted by Crippen LogP contribution is 2.22. The number of morpholine rings is 1. The summed E-state index contributed by atoms with van der Waals surface area (Å²) in [5.74, 6) is -0.785. The molecular formula is C10H11ClN4O5. The number of hydrogen-bond donors (Lipinski definition) is 0. The molecule has 2 rings (SSSR count). The van der Waals surface area contributed by atoms with Gasteiger partial charge < -0.3 is 14.5 Å². The minimum Gasteiger partial charge on any atom is -0.378 e. The molecule has 20 heavy (non-hydrogen) atoms. The minimum absolute atomic E-state index is 0.113. The van der Waals surface area contributed by atoms with Crippen LogP contribution in [0.2, 0.25) is 5.15 Å². The summed E-state index contributed by atoms with van der Waals surface area (Å²) in [4.78, 5) is 28.8. The standard InChI is InChI=1S/C10H11ClN4O5/c1-7(13-2-4-19-5-3-13)10(16)20-14-9(11)8(6-12-14)15(17)18/h6H,1-5H2. The second kappa shape index (κ2) is 5.88. The van der Waals surface area contributed by atoms with E-state index in [1.807, 2.05) is 0 Å². The number of halogens is 1. The van der Waals surface area contributed by atoms with E-state index in [9.17, 15) is 14.9 Å². The normalized spacial score (nSPS) is 14.9. The van der Waals surface area contributed by atoms with Crippen molar-refractivity contribution in [3.63, 3.8) is 0 Å². The third-order valence-electron chi connectivity index (χ3n) is 2.66. The van der Waals surface area contributed by atoms with Gasteiger partial charge in [-0.15, -0.1) is 5.10 Å². The van der Waals surface area contributed by atoms with Crippen LogP contribution in [0.15, 0.2) is 18.5 Å². The molecule has 1 saturated heterocycles. The van der Waals surface area contributed by atoms with Crippen LogP contribution >= 0.6 is 11.6 Å². The van der Waals surface area contributed by atoms with Crippen molar-refractivity contribution >= 4 is 23.3 Å². The second-order valence-electron chi connectivity index (χ2n) is 3.88. The fourth-order valence-electron chi connectivity index (χ4n) is 1.59. The number of ether oxygens (including phenoxy) is 1. The zero-order valence-corrected chi connectivity index (χ0v) is 11.1. The van der Waals surface area contributed by atoms with Gasteiger partial charge in [-0.1, -0.05) is 23.0 Å². The molecule has 2 heterocycles. The van der Waals surface area contributed by atoms with Crippen LogP contribution in [0.5, 0.6) is 0 Å². The van der Waals surface area contributed by atoms with E-state index in [4.69, 9.17) is 21.2 Å². The van der Waals surface area contributed by atoms with Crippen molar-refractivity contribution < 1.29 is 19.3 Å². The van der Waals surface area contributed by atoms with Crippen LogP contribution in [0.25, 0.3) is 0 Å². The summed E-state index contributed by atoms with van der Waals surface area (Å²) in [6.07, 6.45) is 0.896. The lowest BCUT2D eigenvalue weighted by molar-refractivity contribution is -0.384. The van der Waals surface area contributed by atoms with Crippen molar-refractivity contribution in [3.8, 4) is 0 Å². The van der Waals surface area contributed by atoms with Gasteiger partial charge in [0.2, 0.25) is 5.15 Å². The lowest BCUT2D eigenvalue weighted by atomic mass is 10.3. The molecule has 10 heteroatoms. The van der Waals surface area contributed by atoms with Crippen molar-refractivity contribution in [1.82, 2.24) is 14.8 Å². The molecule has 1 aliphatic rings. The van der Waals surface area contributed by atoms with Gasteiger partial charge in [-0.05, 0) is 0 Å². The fraction of sp³-hybridized carbons (Fsp3) is 0.400. The SMILES string of the molecule is C=C(C(=O)On1ncc([N+](=O)[O-])c1Cl)N1CCOCC1. The van der Waals surface area contributed by atoms with E-state index in [1.54, 1.807) is 4.90 Å². The van der Waals surface area contributed by atoms with Crippen molar-refractivity contribution in [2.75, 3.05) is 26.3 Å². The highest BCUT2D eigenvalue weighted by atomic mass is 35.5. The van der Waals surface area contributed by atoms with Gasteiger partial charge >= 0.3 is 11.7 Å². The molecule has 1 fully saturated rings. The first kappa shape index (κ1) is 14.3. The summed E-state index contributed by atoms with van der Waals surface area (Å²) in [7, 11) is 0. The molecule has 1 aromatic heterocycles. The Balaban J connectivity index is 2.04. The third kappa shape index (κ3) is 2.89. The maximum atomic E-state index is 11.8. The number of nitro groups is 1. The maximum absolute atomic E-state index is 11.8. The van der Waals surface area contributed by atoms with Gasteiger partial charge in [-0.25, -0.2) is 4.79 Å². The van der Waals surface area contributed by atoms with Gasteiger partial charge in [0.15, 0.2) is 0 Å². The van der Waals surface area contributed by atoms with E-state index in [0.717, 1.165) is 6.20 Å². The van der Waals surface area contributed by atoms with Crippen molar-refractivity contribution in [2.45, 2.75) is 0 Å². The van der Waals surface area contributed by atoms with E-state index >= 15 is 0 Å². The first-order valence-electron chi connectivity index (χ1n) is 5.63. The predicted octanol–water partition coefficient (Wildman–Crippen LogP) is 0.246. The fourth-order valence-corrected chi connectivity index (χ4v) is 1.78. The Labute approximate surface area is 118 Å². The van der Waals surface area contributed by atoms with E-state index in [0.29, 0.717) is 31.1 Å². The zero-order valence-electron chi connectivity index (χ0n) is 10.3. The van der Waals surface area contributed by atoms with Gasteiger partial charge in [0, 0.05) is 13.1 Å². The molecule has 9 nitrogen and oxygen atoms in total. The molecule has 0 radical (unpaired) electrons. The Hall–Kier alpha value is -2.13. The summed E-state index contributed by atoms with van der Waals surface area (Å²) in [5.41, 5.74) is -0.334. The largest absolute Gasteiger partial charge is 0.381 e. The van der Waals surface area contributed by atoms with Crippen molar-refractivity contribution in [3.05, 3.63) is 33.7 Å². The van der Waals surface area contributed by atoms with Crippen LogP contribution in [0.1, 0.15) is 0 Å². The number of rotatable bonds is 4. The monoisotopic (exact) mass is 302 g/mol. The molecule has 0 atom stereocenters. The van der Waals surface area contributed by atoms with E-state index in [-0.39, 0.29) is 5.70 Å². The maximum Gasteiger partial charge on any atom is 0.381 e. The highest BCUT2D eigenvalue weighted by Gasteiger charge is 2.24. The first-order valence-corrected chi connectivity index (χ1v) is 6.00. The van der Waals surface area contributed by atoms with Gasteiger partial charge in [-0.2, -0.15) is 0 Å². The van der Waals surface area contributed by atoms with E-state index in [1.165, 1.54) is 0 Å². The summed E-state index contributed by atoms with van der Waals surface area (Å²) in [5, 5.41) is 13.7. The van der Waals surface area contributed by atoms with Crippen LogP contribution in [0.4, 0.5) is 5.69 Å². The third-order valence-corrected chi connectivity index (χ3v) is 3.00. The van der Waals surface area contributed by atoms with Gasteiger partial charge in [0.25, 0.3) is 0 Å². The Morgan fingerprint density at radius 1 is 1.55 bits per heavy atom. The van der Waals surface area contributed by atoms with E-state index < -0.39 is 21.7 Å². The smallest absolute Gasteiger partial charge is 0.378 e. The quantitative estimate of drug-likeness (QED) is 0.446. The van der Waals surface area contributed by atoms with Gasteiger partial charge in [0.05, 0.1) is 18.1 Å². The molecule has 0 aliphatic carbocycles. The molecule has 108 valence electrons. The van der Waals surface area contributed by atoms with Gasteiger partial charge in [0.1, 0.15) is 11.9 Å². The molecule has 1 aliphatic heterocycles. The van der Waals surface area contributed by atoms with Crippen LogP contribution in [0, 0.1) is 10.1 Å². The van der Waals surface area contributed by atoms with E-state index in [2.05, 4.69) is 11.7 Å². The Morgan fingerprint density at radius 3 is 2.75 bits per heavy atom. The number of nitrogens with zero attached hydrogens (tertiary/aromatic N) is 4. The molecule has 0 bridgehead atoms. The zero-order chi connectivity index (χ0) is 14.7. The Kier molecular flexibility index (Phi) is 4.20. The number of carbonyl (C=O) groups is 1. The average Bonchev–Trinajstić information content (AvgIpc) is 2.80. The molecule has 0 aromatic carbocycles. The predicted molar refractivity (Wildman–Crippen MR) is 67.0 cm³/mol. The molecule has 0 spiro atoms. The lowest BCUT2D eigenvalue weighted by Crippen LogP contribution is -2.39. The minimum atomic E-state index is -0.785. The molecular weight excluding hydrogens is 292 g/mol. The molecule has 0 unspecified atom stereocenters. The van der Waals surface area contributed by atoms with Crippen molar-refractivity contribution in [2.24, 2.45) is 0 Å². The lowest BCUT2D eigenvalue weighted by Gasteiger charge is -2.28. The number of aromatic nitrogens is 2. The molecule has 0 saturated carbocycles. The first-order chi connectivity index (χ1) is 9.50. The second-order valence-corrected chi connectivity index (χ2v) is 4.23. The molecule has 0 amide bonds. The number of hydrogen-bond acceptors (Lipinski definition) is 7. The summed E-state index contributed by atoms with van der Waals surface area (Å²) in [6.45, 7) is 5.63. The van der Waals surface area contributed by atoms with Crippen LogP contribution in [0.3, 0.4) is 0 Å². The molecule has 0 N–H and O–H groups in total. The van der Waals surface area contributed by atoms with Crippen LogP contribution in [-0.2, 0) is 9.53 Å². The van der Waals surface area contributed by atoms with Gasteiger partial charge in [-0.3, -0.25) is 10.1 Å². The highest BCUT2D eigenvalue weighted by molar-refractivity contribution is 6.31. The van der Waals surface area contributed by atoms with Crippen LogP contribution < -0.4 is 4.84 Å². The number of carbonyl (C=O) groups excluding carboxylic acids is 1. The Bertz CT molecular complexity index is 552. The summed E-state index contributed by atoms with van der Waals surface area (Å²) < 4.78 is 5.15.